The lowest BCUT2D eigenvalue weighted by atomic mass is 9.83. The lowest BCUT2D eigenvalue weighted by Gasteiger charge is -2.33. The third kappa shape index (κ3) is 4.77. The van der Waals surface area contributed by atoms with Crippen molar-refractivity contribution in [1.82, 2.24) is 14.7 Å². The summed E-state index contributed by atoms with van der Waals surface area (Å²) in [6, 6.07) is 3.13. The van der Waals surface area contributed by atoms with E-state index in [0.717, 1.165) is 23.2 Å². The molecule has 0 saturated carbocycles. The summed E-state index contributed by atoms with van der Waals surface area (Å²) in [5, 5.41) is 14.1. The number of hydrogen-bond acceptors (Lipinski definition) is 6. The van der Waals surface area contributed by atoms with Crippen LogP contribution >= 0.6 is 23.5 Å². The predicted molar refractivity (Wildman–Crippen MR) is 115 cm³/mol. The summed E-state index contributed by atoms with van der Waals surface area (Å²) in [4.78, 5) is 25.1. The molecule has 0 spiro atoms. The normalized spacial score (nSPS) is 27.9. The molecule has 0 aromatic carbocycles. The number of fused-ring (bicyclic) bond motifs is 1. The number of hydrogen-bond donors (Lipinski definition) is 1. The van der Waals surface area contributed by atoms with Crippen LogP contribution < -0.4 is 0 Å². The van der Waals surface area contributed by atoms with Gasteiger partial charge in [-0.15, -0.1) is 11.8 Å². The molecule has 4 unspecified atom stereocenters. The first-order valence-electron chi connectivity index (χ1n) is 9.55. The maximum atomic E-state index is 12.7. The molecule has 1 aromatic heterocycles. The molecular weight excluding hydrogens is 414 g/mol. The van der Waals surface area contributed by atoms with Crippen molar-refractivity contribution in [1.29, 1.82) is 0 Å². The summed E-state index contributed by atoms with van der Waals surface area (Å²) in [5.41, 5.74) is 0.960. The minimum atomic E-state index is -1.14. The van der Waals surface area contributed by atoms with Crippen molar-refractivity contribution >= 4 is 43.6 Å². The summed E-state index contributed by atoms with van der Waals surface area (Å²) in [5.74, 6) is -0.401. The van der Waals surface area contributed by atoms with Gasteiger partial charge in [-0.1, -0.05) is 19.6 Å². The number of rotatable bonds is 7. The minimum Gasteiger partial charge on any atom is -0.465 e. The summed E-state index contributed by atoms with van der Waals surface area (Å²) in [6.45, 7) is 8.45. The molecule has 1 aromatic rings. The van der Waals surface area contributed by atoms with Gasteiger partial charge in [0.05, 0.1) is 21.4 Å². The third-order valence-electron chi connectivity index (χ3n) is 5.30. The van der Waals surface area contributed by atoms with E-state index in [9.17, 15) is 14.7 Å². The zero-order valence-corrected chi connectivity index (χ0v) is 19.5. The van der Waals surface area contributed by atoms with Gasteiger partial charge in [-0.25, -0.2) is 14.4 Å². The van der Waals surface area contributed by atoms with Gasteiger partial charge in [-0.2, -0.15) is 16.9 Å². The van der Waals surface area contributed by atoms with Crippen LogP contribution in [0.2, 0.25) is 25.7 Å². The number of imide groups is 1. The number of nitrogens with zero attached hydrogens (tertiary/aromatic N) is 3. The highest BCUT2D eigenvalue weighted by molar-refractivity contribution is 8.17. The van der Waals surface area contributed by atoms with E-state index in [1.165, 1.54) is 0 Å². The maximum absolute atomic E-state index is 12.7. The Morgan fingerprint density at radius 2 is 2.21 bits per heavy atom. The molecular formula is C18H29N3O4S2Si. The van der Waals surface area contributed by atoms with Crippen molar-refractivity contribution in [2.45, 2.75) is 48.7 Å². The number of aromatic nitrogens is 2. The quantitative estimate of drug-likeness (QED) is 0.506. The first-order valence-corrected chi connectivity index (χ1v) is 15.5. The fourth-order valence-electron chi connectivity index (χ4n) is 3.74. The fraction of sp³-hybridized carbons (Fsp3) is 0.722. The van der Waals surface area contributed by atoms with Crippen LogP contribution in [0, 0.1) is 11.8 Å². The molecule has 2 saturated heterocycles. The van der Waals surface area contributed by atoms with E-state index in [4.69, 9.17) is 9.84 Å². The largest absolute Gasteiger partial charge is 0.465 e. The predicted octanol–water partition coefficient (Wildman–Crippen LogP) is 3.82. The van der Waals surface area contributed by atoms with Gasteiger partial charge in [0.25, 0.3) is 0 Å². The second kappa shape index (κ2) is 8.81. The van der Waals surface area contributed by atoms with Crippen molar-refractivity contribution in [3.63, 3.8) is 0 Å². The van der Waals surface area contributed by atoms with Crippen LogP contribution in [0.5, 0.6) is 0 Å². The molecule has 3 rings (SSSR count). The third-order valence-corrected chi connectivity index (χ3v) is 10.1. The Labute approximate surface area is 175 Å². The van der Waals surface area contributed by atoms with Crippen LogP contribution in [0.4, 0.5) is 4.79 Å². The van der Waals surface area contributed by atoms with E-state index < -0.39 is 14.2 Å². The Morgan fingerprint density at radius 1 is 1.46 bits per heavy atom. The van der Waals surface area contributed by atoms with Crippen molar-refractivity contribution in [2.75, 3.05) is 19.4 Å². The first-order chi connectivity index (χ1) is 13.2. The zero-order valence-electron chi connectivity index (χ0n) is 16.8. The zero-order chi connectivity index (χ0) is 20.5. The Kier molecular flexibility index (Phi) is 6.83. The molecule has 2 fully saturated rings. The van der Waals surface area contributed by atoms with Crippen LogP contribution in [0.25, 0.3) is 0 Å². The van der Waals surface area contributed by atoms with Gasteiger partial charge in [0.2, 0.25) is 5.91 Å². The van der Waals surface area contributed by atoms with Gasteiger partial charge in [-0.05, 0) is 30.7 Å². The number of amides is 2. The van der Waals surface area contributed by atoms with Crippen LogP contribution in [0.1, 0.15) is 17.4 Å². The van der Waals surface area contributed by atoms with Gasteiger partial charge in [-0.3, -0.25) is 4.79 Å². The second-order valence-electron chi connectivity index (χ2n) is 8.54. The SMILES string of the molecule is CSC1SC(c2ccn(COCC[Si](C)(C)C)n2)C2CCN(C(=O)O)C(=O)C12. The number of ether oxygens (including phenoxy) is 1. The molecule has 0 bridgehead atoms. The number of likely N-dealkylation sites (tertiary alicyclic amines) is 1. The van der Waals surface area contributed by atoms with E-state index in [1.807, 2.05) is 23.2 Å². The van der Waals surface area contributed by atoms with Gasteiger partial charge in [0.15, 0.2) is 0 Å². The number of carbonyl (C=O) groups excluding carboxylic acids is 1. The monoisotopic (exact) mass is 443 g/mol. The van der Waals surface area contributed by atoms with Gasteiger partial charge in [0.1, 0.15) is 6.73 Å². The van der Waals surface area contributed by atoms with E-state index in [0.29, 0.717) is 13.2 Å². The average Bonchev–Trinajstić information content (AvgIpc) is 3.22. The fourth-order valence-corrected chi connectivity index (χ4v) is 7.46. The van der Waals surface area contributed by atoms with E-state index in [-0.39, 0.29) is 34.1 Å². The highest BCUT2D eigenvalue weighted by atomic mass is 32.2. The second-order valence-corrected chi connectivity index (χ2v) is 16.7. The highest BCUT2D eigenvalue weighted by Gasteiger charge is 2.53. The molecule has 0 aliphatic carbocycles. The average molecular weight is 444 g/mol. The number of carboxylic acid groups (broad SMARTS) is 1. The van der Waals surface area contributed by atoms with E-state index in [1.54, 1.807) is 23.5 Å². The van der Waals surface area contributed by atoms with Crippen LogP contribution in [0.3, 0.4) is 0 Å². The summed E-state index contributed by atoms with van der Waals surface area (Å²) >= 11 is 3.37. The number of piperidine rings is 1. The van der Waals surface area contributed by atoms with E-state index >= 15 is 0 Å². The first kappa shape index (κ1) is 21.7. The van der Waals surface area contributed by atoms with Gasteiger partial charge < -0.3 is 9.84 Å². The Morgan fingerprint density at radius 3 is 2.86 bits per heavy atom. The van der Waals surface area contributed by atoms with Gasteiger partial charge >= 0.3 is 6.09 Å². The summed E-state index contributed by atoms with van der Waals surface area (Å²) < 4.78 is 7.65. The van der Waals surface area contributed by atoms with E-state index in [2.05, 4.69) is 19.6 Å². The molecule has 28 heavy (non-hydrogen) atoms. The highest BCUT2D eigenvalue weighted by Crippen LogP contribution is 2.57. The lowest BCUT2D eigenvalue weighted by Crippen LogP contribution is -2.49. The number of thioether (sulfide) groups is 2. The molecule has 3 heterocycles. The minimum absolute atomic E-state index is 0.0581. The molecule has 7 nitrogen and oxygen atoms in total. The summed E-state index contributed by atoms with van der Waals surface area (Å²) in [7, 11) is -1.10. The van der Waals surface area contributed by atoms with Crippen LogP contribution in [-0.4, -0.2) is 63.9 Å². The molecule has 156 valence electrons. The standard InChI is InChI=1S/C18H29N3O4S2Si/c1-26-17-14-12(5-8-21(16(14)22)18(23)24)15(27-17)13-6-7-20(19-13)11-25-9-10-28(2,3)4/h6-7,12,14-15,17H,5,8-11H2,1-4H3,(H,23,24). The van der Waals surface area contributed by atoms with Crippen molar-refractivity contribution in [3.8, 4) is 0 Å². The number of carbonyl (C=O) groups is 2. The van der Waals surface area contributed by atoms with Crippen molar-refractivity contribution < 1.29 is 19.4 Å². The Bertz CT molecular complexity index is 724. The van der Waals surface area contributed by atoms with Crippen molar-refractivity contribution in [3.05, 3.63) is 18.0 Å². The molecule has 2 aliphatic heterocycles. The van der Waals surface area contributed by atoms with Crippen LogP contribution in [0.15, 0.2) is 12.3 Å². The molecule has 2 aliphatic rings. The molecule has 4 atom stereocenters. The molecule has 2 amide bonds. The lowest BCUT2D eigenvalue weighted by molar-refractivity contribution is -0.137. The topological polar surface area (TPSA) is 84.7 Å². The molecule has 0 radical (unpaired) electrons. The summed E-state index contributed by atoms with van der Waals surface area (Å²) in [6.07, 6.45) is 3.46. The Balaban J connectivity index is 1.65. The molecule has 10 heteroatoms. The molecule has 1 N–H and O–H groups in total. The smallest absolute Gasteiger partial charge is 0.414 e. The Hall–Kier alpha value is -0.973. The van der Waals surface area contributed by atoms with Crippen molar-refractivity contribution in [2.24, 2.45) is 11.8 Å². The van der Waals surface area contributed by atoms with Gasteiger partial charge in [0, 0.05) is 27.4 Å². The van der Waals surface area contributed by atoms with Crippen LogP contribution in [-0.2, 0) is 16.3 Å². The maximum Gasteiger partial charge on any atom is 0.414 e.